The molecule has 2 aromatic carbocycles. The fourth-order valence-corrected chi connectivity index (χ4v) is 3.51. The summed E-state index contributed by atoms with van der Waals surface area (Å²) in [4.78, 5) is 33.1. The normalized spacial score (nSPS) is 12.0. The molecule has 1 atom stereocenters. The first-order valence-corrected chi connectivity index (χ1v) is 10.2. The van der Waals surface area contributed by atoms with Crippen LogP contribution in [0.3, 0.4) is 0 Å². The zero-order valence-electron chi connectivity index (χ0n) is 17.7. The van der Waals surface area contributed by atoms with Crippen molar-refractivity contribution >= 4 is 39.3 Å². The van der Waals surface area contributed by atoms with Crippen LogP contribution in [0.15, 0.2) is 54.6 Å². The first-order valence-electron chi connectivity index (χ1n) is 10.2. The number of hydrogen-bond acceptors (Lipinski definition) is 4. The van der Waals surface area contributed by atoms with Gasteiger partial charge in [-0.05, 0) is 57.2 Å². The first-order chi connectivity index (χ1) is 15.0. The molecule has 4 rings (SSSR count). The minimum Gasteiger partial charge on any atom is -0.494 e. The number of pyridine rings is 1. The van der Waals surface area contributed by atoms with Gasteiger partial charge in [-0.3, -0.25) is 9.59 Å². The van der Waals surface area contributed by atoms with Crippen molar-refractivity contribution in [3.63, 3.8) is 0 Å². The number of carbonyl (C=O) groups excluding carboxylic acids is 2. The summed E-state index contributed by atoms with van der Waals surface area (Å²) < 4.78 is 5.40. The molecule has 0 radical (unpaired) electrons. The minimum absolute atomic E-state index is 0.274. The largest absolute Gasteiger partial charge is 0.494 e. The Kier molecular flexibility index (Phi) is 5.58. The first kappa shape index (κ1) is 20.4. The lowest BCUT2D eigenvalue weighted by atomic mass is 10.1. The summed E-state index contributed by atoms with van der Waals surface area (Å²) in [6.07, 6.45) is 0. The lowest BCUT2D eigenvalue weighted by molar-refractivity contribution is -0.117. The van der Waals surface area contributed by atoms with E-state index in [1.54, 1.807) is 37.3 Å². The van der Waals surface area contributed by atoms with Crippen LogP contribution in [0, 0.1) is 6.92 Å². The molecule has 7 nitrogen and oxygen atoms in total. The van der Waals surface area contributed by atoms with Gasteiger partial charge in [-0.1, -0.05) is 18.2 Å². The van der Waals surface area contributed by atoms with E-state index >= 15 is 0 Å². The summed E-state index contributed by atoms with van der Waals surface area (Å²) in [5.74, 6) is 0.0167. The number of anilines is 1. The van der Waals surface area contributed by atoms with Gasteiger partial charge in [-0.2, -0.15) is 0 Å². The maximum atomic E-state index is 12.8. The fourth-order valence-electron chi connectivity index (χ4n) is 3.51. The number of nitrogens with one attached hydrogen (secondary N) is 3. The molecule has 0 aliphatic rings. The number of aromatic nitrogens is 2. The van der Waals surface area contributed by atoms with E-state index in [1.807, 2.05) is 38.1 Å². The molecule has 0 fully saturated rings. The minimum atomic E-state index is -0.736. The van der Waals surface area contributed by atoms with E-state index < -0.39 is 11.9 Å². The maximum absolute atomic E-state index is 12.8. The van der Waals surface area contributed by atoms with E-state index in [0.717, 1.165) is 33.2 Å². The average Bonchev–Trinajstić information content (AvgIpc) is 3.14. The molecule has 3 N–H and O–H groups in total. The number of fused-ring (bicyclic) bond motifs is 3. The van der Waals surface area contributed by atoms with Gasteiger partial charge in [0, 0.05) is 22.0 Å². The van der Waals surface area contributed by atoms with Crippen molar-refractivity contribution in [1.29, 1.82) is 0 Å². The van der Waals surface area contributed by atoms with Gasteiger partial charge in [0.25, 0.3) is 5.91 Å². The Labute approximate surface area is 179 Å². The van der Waals surface area contributed by atoms with Crippen molar-refractivity contribution in [3.8, 4) is 5.75 Å². The summed E-state index contributed by atoms with van der Waals surface area (Å²) in [7, 11) is 0. The van der Waals surface area contributed by atoms with Crippen molar-refractivity contribution < 1.29 is 14.3 Å². The molecule has 0 saturated carbocycles. The van der Waals surface area contributed by atoms with Gasteiger partial charge >= 0.3 is 0 Å². The number of H-pyrrole nitrogens is 1. The number of benzene rings is 2. The number of ether oxygens (including phenoxy) is 1. The highest BCUT2D eigenvalue weighted by Gasteiger charge is 2.19. The third-order valence-electron chi connectivity index (χ3n) is 5.08. The predicted octanol–water partition coefficient (Wildman–Crippen LogP) is 4.18. The summed E-state index contributed by atoms with van der Waals surface area (Å²) in [6, 6.07) is 16.0. The van der Waals surface area contributed by atoms with Crippen LogP contribution in [0.4, 0.5) is 5.69 Å². The number of aromatic amines is 1. The molecule has 2 aromatic heterocycles. The van der Waals surface area contributed by atoms with Crippen LogP contribution >= 0.6 is 0 Å². The van der Waals surface area contributed by atoms with Gasteiger partial charge in [0.05, 0.1) is 17.8 Å². The van der Waals surface area contributed by atoms with E-state index in [0.29, 0.717) is 12.3 Å². The smallest absolute Gasteiger partial charge is 0.270 e. The molecule has 0 saturated heterocycles. The Morgan fingerprint density at radius 3 is 2.58 bits per heavy atom. The fraction of sp³-hybridized carbons (Fsp3) is 0.208. The van der Waals surface area contributed by atoms with Gasteiger partial charge in [-0.25, -0.2) is 4.98 Å². The molecule has 2 heterocycles. The van der Waals surface area contributed by atoms with E-state index in [2.05, 4.69) is 20.6 Å². The third kappa shape index (κ3) is 4.21. The molecule has 158 valence electrons. The number of rotatable bonds is 6. The maximum Gasteiger partial charge on any atom is 0.270 e. The van der Waals surface area contributed by atoms with Crippen molar-refractivity contribution in [2.75, 3.05) is 11.9 Å². The van der Waals surface area contributed by atoms with Crippen LogP contribution in [-0.4, -0.2) is 34.4 Å². The van der Waals surface area contributed by atoms with Gasteiger partial charge in [0.1, 0.15) is 17.5 Å². The molecule has 4 aromatic rings. The predicted molar refractivity (Wildman–Crippen MR) is 122 cm³/mol. The highest BCUT2D eigenvalue weighted by atomic mass is 16.5. The monoisotopic (exact) mass is 416 g/mol. The van der Waals surface area contributed by atoms with Crippen LogP contribution in [0.1, 0.15) is 30.0 Å². The van der Waals surface area contributed by atoms with Crippen molar-refractivity contribution in [3.05, 3.63) is 66.0 Å². The molecule has 31 heavy (non-hydrogen) atoms. The number of amides is 2. The van der Waals surface area contributed by atoms with Gasteiger partial charge in [0.2, 0.25) is 5.91 Å². The Morgan fingerprint density at radius 1 is 1.10 bits per heavy atom. The number of hydrogen-bond donors (Lipinski definition) is 3. The van der Waals surface area contributed by atoms with E-state index in [9.17, 15) is 9.59 Å². The number of aryl methyl sites for hydroxylation is 1. The second-order valence-corrected chi connectivity index (χ2v) is 7.33. The summed E-state index contributed by atoms with van der Waals surface area (Å²) in [6.45, 7) is 5.98. The molecule has 2 amide bonds. The third-order valence-corrected chi connectivity index (χ3v) is 5.08. The molecular formula is C24H24N4O3. The van der Waals surface area contributed by atoms with Gasteiger partial charge in [-0.15, -0.1) is 0 Å². The zero-order valence-corrected chi connectivity index (χ0v) is 17.7. The Bertz CT molecular complexity index is 1260. The molecule has 0 bridgehead atoms. The lowest BCUT2D eigenvalue weighted by Gasteiger charge is -2.14. The number of carbonyl (C=O) groups is 2. The van der Waals surface area contributed by atoms with Crippen molar-refractivity contribution in [2.24, 2.45) is 0 Å². The highest BCUT2D eigenvalue weighted by Crippen LogP contribution is 2.27. The molecule has 1 unspecified atom stereocenters. The van der Waals surface area contributed by atoms with Gasteiger partial charge < -0.3 is 20.4 Å². The molecule has 0 spiro atoms. The molecule has 0 aliphatic carbocycles. The van der Waals surface area contributed by atoms with E-state index in [1.165, 1.54) is 0 Å². The van der Waals surface area contributed by atoms with Crippen LogP contribution in [0.2, 0.25) is 0 Å². The highest BCUT2D eigenvalue weighted by molar-refractivity contribution is 6.10. The summed E-state index contributed by atoms with van der Waals surface area (Å²) in [5.41, 5.74) is 3.52. The number of para-hydroxylation sites is 1. The SMILES string of the molecule is CCOc1ccc(NC(=O)C(C)NC(=O)c2cc3c([nH]c4ccccc43)c(C)n2)cc1. The summed E-state index contributed by atoms with van der Waals surface area (Å²) in [5, 5.41) is 7.48. The topological polar surface area (TPSA) is 96.1 Å². The van der Waals surface area contributed by atoms with Crippen LogP contribution in [-0.2, 0) is 4.79 Å². The Hall–Kier alpha value is -3.87. The number of nitrogens with zero attached hydrogens (tertiary/aromatic N) is 1. The van der Waals surface area contributed by atoms with Crippen LogP contribution in [0.25, 0.3) is 21.8 Å². The second kappa shape index (κ2) is 8.47. The van der Waals surface area contributed by atoms with Gasteiger partial charge in [0.15, 0.2) is 0 Å². The summed E-state index contributed by atoms with van der Waals surface area (Å²) >= 11 is 0. The lowest BCUT2D eigenvalue weighted by Crippen LogP contribution is -2.41. The average molecular weight is 416 g/mol. The molecular weight excluding hydrogens is 392 g/mol. The van der Waals surface area contributed by atoms with E-state index in [4.69, 9.17) is 4.74 Å². The second-order valence-electron chi connectivity index (χ2n) is 7.33. The zero-order chi connectivity index (χ0) is 22.0. The standard InChI is InChI=1S/C24H24N4O3/c1-4-31-17-11-9-16(10-12-17)27-23(29)15(3)26-24(30)21-13-19-18-7-5-6-8-20(18)28-22(19)14(2)25-21/h5-13,15,28H,4H2,1-3H3,(H,26,30)(H,27,29). The van der Waals surface area contributed by atoms with Crippen LogP contribution in [0.5, 0.6) is 5.75 Å². The Morgan fingerprint density at radius 2 is 1.84 bits per heavy atom. The molecule has 0 aliphatic heterocycles. The van der Waals surface area contributed by atoms with Crippen LogP contribution < -0.4 is 15.4 Å². The van der Waals surface area contributed by atoms with Crippen molar-refractivity contribution in [1.82, 2.24) is 15.3 Å². The molecule has 7 heteroatoms. The van der Waals surface area contributed by atoms with E-state index in [-0.39, 0.29) is 11.6 Å². The van der Waals surface area contributed by atoms with Crippen molar-refractivity contribution in [2.45, 2.75) is 26.8 Å². The quantitative estimate of drug-likeness (QED) is 0.439. The Balaban J connectivity index is 1.48.